The molecule has 6 rings (SSSR count). The van der Waals surface area contributed by atoms with E-state index in [2.05, 4.69) is 20.2 Å². The molecule has 2 saturated carbocycles. The van der Waals surface area contributed by atoms with Crippen LogP contribution in [0.5, 0.6) is 0 Å². The topological polar surface area (TPSA) is 58.1 Å². The number of aromatic nitrogens is 2. The monoisotopic (exact) mass is 438 g/mol. The second-order valence-electron chi connectivity index (χ2n) is 10.4. The Labute approximate surface area is 189 Å². The van der Waals surface area contributed by atoms with Crippen LogP contribution >= 0.6 is 11.3 Å². The second kappa shape index (κ2) is 8.02. The van der Waals surface area contributed by atoms with E-state index in [-0.39, 0.29) is 5.92 Å². The van der Waals surface area contributed by atoms with Crippen molar-refractivity contribution in [3.05, 3.63) is 16.8 Å². The molecule has 3 aliphatic carbocycles. The van der Waals surface area contributed by atoms with Gasteiger partial charge in [0.15, 0.2) is 0 Å². The first-order valence-electron chi connectivity index (χ1n) is 12.5. The molecule has 0 bridgehead atoms. The van der Waals surface area contributed by atoms with Crippen LogP contribution in [0.2, 0.25) is 0 Å². The van der Waals surface area contributed by atoms with E-state index in [1.54, 1.807) is 6.33 Å². The Morgan fingerprint density at radius 2 is 1.90 bits per heavy atom. The number of carbonyl (C=O) groups is 1. The summed E-state index contributed by atoms with van der Waals surface area (Å²) < 4.78 is 0. The van der Waals surface area contributed by atoms with Gasteiger partial charge in [-0.1, -0.05) is 6.42 Å². The number of nitrogens with one attached hydrogen (secondary N) is 1. The first kappa shape index (κ1) is 20.0. The number of anilines is 1. The maximum Gasteiger partial charge on any atom is 0.225 e. The summed E-state index contributed by atoms with van der Waals surface area (Å²) in [6, 6.07) is 0.298. The van der Waals surface area contributed by atoms with Gasteiger partial charge in [0.1, 0.15) is 17.0 Å². The molecular weight excluding hydrogens is 404 g/mol. The summed E-state index contributed by atoms with van der Waals surface area (Å²) >= 11 is 1.85. The number of thiophene rings is 1. The normalized spacial score (nSPS) is 25.5. The molecule has 2 aromatic heterocycles. The van der Waals surface area contributed by atoms with E-state index in [9.17, 15) is 4.79 Å². The van der Waals surface area contributed by atoms with Crippen LogP contribution in [-0.4, -0.2) is 39.9 Å². The first-order valence-corrected chi connectivity index (χ1v) is 13.3. The predicted octanol–water partition coefficient (Wildman–Crippen LogP) is 5.33. The highest BCUT2D eigenvalue weighted by molar-refractivity contribution is 7.19. The van der Waals surface area contributed by atoms with Gasteiger partial charge in [0, 0.05) is 29.9 Å². The van der Waals surface area contributed by atoms with Crippen LogP contribution in [0.25, 0.3) is 10.2 Å². The molecule has 0 aromatic carbocycles. The van der Waals surface area contributed by atoms with Gasteiger partial charge in [0.05, 0.1) is 5.39 Å². The minimum Gasteiger partial charge on any atom is -0.367 e. The molecular formula is C25H34N4OS. The van der Waals surface area contributed by atoms with Gasteiger partial charge < -0.3 is 10.2 Å². The van der Waals surface area contributed by atoms with Gasteiger partial charge in [-0.3, -0.25) is 4.79 Å². The zero-order valence-electron chi connectivity index (χ0n) is 18.5. The third-order valence-corrected chi connectivity index (χ3v) is 9.93. The van der Waals surface area contributed by atoms with Gasteiger partial charge in [-0.25, -0.2) is 9.97 Å². The third-order valence-electron chi connectivity index (χ3n) is 8.73. The van der Waals surface area contributed by atoms with Crippen molar-refractivity contribution in [2.75, 3.05) is 18.4 Å². The minimum atomic E-state index is 0.265. The Kier molecular flexibility index (Phi) is 5.16. The van der Waals surface area contributed by atoms with Gasteiger partial charge >= 0.3 is 0 Å². The second-order valence-corrected chi connectivity index (χ2v) is 11.5. The number of hydrogen-bond donors (Lipinski definition) is 1. The molecule has 1 aliphatic heterocycles. The lowest BCUT2D eigenvalue weighted by atomic mass is 9.59. The van der Waals surface area contributed by atoms with E-state index in [4.69, 9.17) is 0 Å². The molecule has 31 heavy (non-hydrogen) atoms. The fraction of sp³-hybridized carbons (Fsp3) is 0.720. The van der Waals surface area contributed by atoms with E-state index in [1.807, 2.05) is 11.3 Å². The Morgan fingerprint density at radius 1 is 1.06 bits per heavy atom. The molecule has 4 aliphatic rings. The van der Waals surface area contributed by atoms with Crippen LogP contribution < -0.4 is 5.32 Å². The van der Waals surface area contributed by atoms with E-state index in [1.165, 1.54) is 67.2 Å². The summed E-state index contributed by atoms with van der Waals surface area (Å²) in [5.41, 5.74) is 2.10. The quantitative estimate of drug-likeness (QED) is 0.701. The molecule has 2 aromatic rings. The van der Waals surface area contributed by atoms with Gasteiger partial charge in [-0.05, 0) is 88.0 Å². The molecule has 3 fully saturated rings. The van der Waals surface area contributed by atoms with Gasteiger partial charge in [0.2, 0.25) is 5.91 Å². The number of carbonyl (C=O) groups excluding carboxylic acids is 1. The zero-order chi connectivity index (χ0) is 20.8. The molecule has 1 amide bonds. The third kappa shape index (κ3) is 3.55. The van der Waals surface area contributed by atoms with Crippen LogP contribution in [0, 0.1) is 11.3 Å². The van der Waals surface area contributed by atoms with Gasteiger partial charge in [-0.15, -0.1) is 11.3 Å². The van der Waals surface area contributed by atoms with Crippen LogP contribution in [0.15, 0.2) is 6.33 Å². The molecule has 0 radical (unpaired) electrons. The average Bonchev–Trinajstić information content (AvgIpc) is 3.41. The standard InChI is InChI=1S/C25H34N4OS/c30-24(17-8-12-25(13-9-17)10-4-11-25)29-14-3-5-18(29)15-26-22-21-19-6-1-2-7-20(19)31-23(21)28-16-27-22/h16-18H,1-15H2,(H,26,27,28). The highest BCUT2D eigenvalue weighted by Crippen LogP contribution is 2.53. The fourth-order valence-corrected chi connectivity index (χ4v) is 7.89. The lowest BCUT2D eigenvalue weighted by molar-refractivity contribution is -0.138. The smallest absolute Gasteiger partial charge is 0.225 e. The van der Waals surface area contributed by atoms with Crippen molar-refractivity contribution in [3.8, 4) is 0 Å². The minimum absolute atomic E-state index is 0.265. The van der Waals surface area contributed by atoms with Crippen molar-refractivity contribution in [1.82, 2.24) is 14.9 Å². The SMILES string of the molecule is O=C(C1CCC2(CCC2)CC1)N1CCCC1CNc1ncnc2sc3c(c12)CCCC3. The maximum atomic E-state index is 13.4. The molecule has 1 unspecified atom stereocenters. The van der Waals surface area contributed by atoms with Crippen molar-refractivity contribution in [2.24, 2.45) is 11.3 Å². The lowest BCUT2D eigenvalue weighted by Crippen LogP contribution is -2.45. The van der Waals surface area contributed by atoms with Crippen molar-refractivity contribution in [1.29, 1.82) is 0 Å². The molecule has 166 valence electrons. The Bertz CT molecular complexity index is 971. The van der Waals surface area contributed by atoms with Crippen molar-refractivity contribution >= 4 is 33.3 Å². The van der Waals surface area contributed by atoms with Crippen LogP contribution in [0.3, 0.4) is 0 Å². The van der Waals surface area contributed by atoms with E-state index in [0.717, 1.165) is 55.8 Å². The zero-order valence-corrected chi connectivity index (χ0v) is 19.3. The molecule has 6 heteroatoms. The number of amides is 1. The molecule has 1 spiro atoms. The van der Waals surface area contributed by atoms with Gasteiger partial charge in [-0.2, -0.15) is 0 Å². The number of likely N-dealkylation sites (tertiary alicyclic amines) is 1. The largest absolute Gasteiger partial charge is 0.367 e. The average molecular weight is 439 g/mol. The van der Waals surface area contributed by atoms with E-state index in [0.29, 0.717) is 17.4 Å². The predicted molar refractivity (Wildman–Crippen MR) is 126 cm³/mol. The van der Waals surface area contributed by atoms with E-state index >= 15 is 0 Å². The Morgan fingerprint density at radius 3 is 2.71 bits per heavy atom. The summed E-state index contributed by atoms with van der Waals surface area (Å²) in [6.07, 6.45) is 17.8. The number of fused-ring (bicyclic) bond motifs is 3. The number of aryl methyl sites for hydroxylation is 2. The molecule has 1 saturated heterocycles. The van der Waals surface area contributed by atoms with Crippen LogP contribution in [-0.2, 0) is 17.6 Å². The summed E-state index contributed by atoms with van der Waals surface area (Å²) in [6.45, 7) is 1.74. The maximum absolute atomic E-state index is 13.4. The molecule has 3 heterocycles. The number of rotatable bonds is 4. The number of nitrogens with zero attached hydrogens (tertiary/aromatic N) is 3. The van der Waals surface area contributed by atoms with Crippen molar-refractivity contribution in [3.63, 3.8) is 0 Å². The highest BCUT2D eigenvalue weighted by Gasteiger charge is 2.43. The first-order chi connectivity index (χ1) is 15.2. The summed E-state index contributed by atoms with van der Waals surface area (Å²) in [4.78, 5) is 27.4. The summed E-state index contributed by atoms with van der Waals surface area (Å²) in [7, 11) is 0. The Hall–Kier alpha value is -1.69. The summed E-state index contributed by atoms with van der Waals surface area (Å²) in [5.74, 6) is 1.67. The summed E-state index contributed by atoms with van der Waals surface area (Å²) in [5, 5.41) is 4.89. The van der Waals surface area contributed by atoms with Crippen molar-refractivity contribution < 1.29 is 4.79 Å². The fourth-order valence-electron chi connectivity index (χ4n) is 6.67. The molecule has 1 N–H and O–H groups in total. The molecule has 1 atom stereocenters. The highest BCUT2D eigenvalue weighted by atomic mass is 32.1. The molecule has 5 nitrogen and oxygen atoms in total. The lowest BCUT2D eigenvalue weighted by Gasteiger charge is -2.47. The number of hydrogen-bond acceptors (Lipinski definition) is 5. The van der Waals surface area contributed by atoms with Crippen LogP contribution in [0.1, 0.15) is 81.1 Å². The van der Waals surface area contributed by atoms with Crippen LogP contribution in [0.4, 0.5) is 5.82 Å². The van der Waals surface area contributed by atoms with Crippen molar-refractivity contribution in [2.45, 2.75) is 89.5 Å². The van der Waals surface area contributed by atoms with Gasteiger partial charge in [0.25, 0.3) is 0 Å². The van der Waals surface area contributed by atoms with E-state index < -0.39 is 0 Å². The Balaban J connectivity index is 1.14.